The van der Waals surface area contributed by atoms with Crippen molar-refractivity contribution < 1.29 is 80.7 Å². The fourth-order valence-corrected chi connectivity index (χ4v) is 3.86. The van der Waals surface area contributed by atoms with Crippen LogP contribution in [0.5, 0.6) is 0 Å². The summed E-state index contributed by atoms with van der Waals surface area (Å²) in [6.45, 7) is 9.67. The minimum Gasteiger partial charge on any atom is -0.741 e. The average Bonchev–Trinajstić information content (AvgIpc) is 2.66. The van der Waals surface area contributed by atoms with Crippen molar-refractivity contribution in [2.75, 3.05) is 6.61 Å². The van der Waals surface area contributed by atoms with Crippen LogP contribution < -0.4 is 21.2 Å². The largest absolute Gasteiger partial charge is 0.741 e. The SMILES string of the molecule is CC(C)(C)OC(=O)COC(=O)c1ccccc1[I+]C(=[N+]=[N-])C(=O)OC(C)(C)C.O=S(=O)([O-])C(F)(F)F. The maximum atomic E-state index is 12.4. The molecule has 0 atom stereocenters. The summed E-state index contributed by atoms with van der Waals surface area (Å²) in [5, 5.41) is 0. The third-order valence-corrected chi connectivity index (χ3v) is 6.22. The molecule has 0 N–H and O–H groups in total. The first-order chi connectivity index (χ1) is 16.1. The van der Waals surface area contributed by atoms with Crippen LogP contribution >= 0.6 is 0 Å². The molecular formula is C20H24F3IN2O9S. The van der Waals surface area contributed by atoms with Crippen LogP contribution in [0.15, 0.2) is 24.3 Å². The van der Waals surface area contributed by atoms with Crippen molar-refractivity contribution in [3.8, 4) is 0 Å². The molecule has 0 bridgehead atoms. The molecular weight excluding hydrogens is 628 g/mol. The van der Waals surface area contributed by atoms with Crippen molar-refractivity contribution in [3.05, 3.63) is 38.9 Å². The van der Waals surface area contributed by atoms with Gasteiger partial charge < -0.3 is 24.3 Å². The van der Waals surface area contributed by atoms with E-state index in [0.717, 1.165) is 0 Å². The third kappa shape index (κ3) is 13.5. The Labute approximate surface area is 215 Å². The lowest BCUT2D eigenvalue weighted by molar-refractivity contribution is -0.527. The predicted octanol–water partition coefficient (Wildman–Crippen LogP) is -0.535. The van der Waals surface area contributed by atoms with Gasteiger partial charge in [0, 0.05) is 0 Å². The summed E-state index contributed by atoms with van der Waals surface area (Å²) >= 11 is -1.33. The Morgan fingerprint density at radius 2 is 1.47 bits per heavy atom. The van der Waals surface area contributed by atoms with E-state index in [4.69, 9.17) is 27.2 Å². The number of alkyl halides is 3. The number of carbonyl (C=O) groups is 3. The number of carbonyl (C=O) groups excluding carboxylic acids is 3. The molecule has 0 heterocycles. The van der Waals surface area contributed by atoms with E-state index in [1.54, 1.807) is 59.7 Å². The maximum Gasteiger partial charge on any atom is 0.603 e. The Bertz CT molecular complexity index is 1120. The lowest BCUT2D eigenvalue weighted by Crippen LogP contribution is -3.65. The van der Waals surface area contributed by atoms with E-state index < -0.39 is 72.5 Å². The number of hydrogen-bond donors (Lipinski definition) is 0. The number of benzene rings is 1. The van der Waals surface area contributed by atoms with Crippen LogP contribution in [-0.4, -0.2) is 62.7 Å². The maximum absolute atomic E-state index is 12.4. The topological polar surface area (TPSA) is 172 Å². The molecule has 0 aliphatic rings. The van der Waals surface area contributed by atoms with E-state index >= 15 is 0 Å². The molecule has 1 rings (SSSR count). The minimum atomic E-state index is -6.09. The highest BCUT2D eigenvalue weighted by Crippen LogP contribution is 2.20. The van der Waals surface area contributed by atoms with E-state index in [9.17, 15) is 33.1 Å². The zero-order valence-corrected chi connectivity index (χ0v) is 23.0. The first-order valence-electron chi connectivity index (χ1n) is 9.68. The molecule has 0 aliphatic carbocycles. The van der Waals surface area contributed by atoms with Gasteiger partial charge in [-0.15, -0.1) is 4.79 Å². The summed E-state index contributed by atoms with van der Waals surface area (Å²) in [4.78, 5) is 39.3. The molecule has 0 aliphatic heterocycles. The molecule has 0 amide bonds. The quantitative estimate of drug-likeness (QED) is 0.0572. The zero-order chi connectivity index (χ0) is 28.5. The number of ether oxygens (including phenoxy) is 3. The van der Waals surface area contributed by atoms with Gasteiger partial charge in [-0.25, -0.2) is 22.8 Å². The Balaban J connectivity index is 0.00000131. The molecule has 0 saturated carbocycles. The Morgan fingerprint density at radius 3 is 1.89 bits per heavy atom. The van der Waals surface area contributed by atoms with Gasteiger partial charge in [0.1, 0.15) is 16.8 Å². The van der Waals surface area contributed by atoms with Gasteiger partial charge in [-0.2, -0.15) is 13.2 Å². The predicted molar refractivity (Wildman–Crippen MR) is 111 cm³/mol. The van der Waals surface area contributed by atoms with Gasteiger partial charge in [-0.1, -0.05) is 12.1 Å². The molecule has 36 heavy (non-hydrogen) atoms. The fourth-order valence-electron chi connectivity index (χ4n) is 1.80. The fraction of sp³-hybridized carbons (Fsp3) is 0.500. The normalized spacial score (nSPS) is 11.8. The Hall–Kier alpha value is -2.56. The van der Waals surface area contributed by atoms with Crippen LogP contribution in [0.3, 0.4) is 0 Å². The molecule has 16 heteroatoms. The summed E-state index contributed by atoms with van der Waals surface area (Å²) in [6.07, 6.45) is 0. The van der Waals surface area contributed by atoms with Crippen molar-refractivity contribution in [1.82, 2.24) is 0 Å². The molecule has 0 radical (unpaired) electrons. The monoisotopic (exact) mass is 652 g/mol. The van der Waals surface area contributed by atoms with Crippen LogP contribution in [0.4, 0.5) is 13.2 Å². The standard InChI is InChI=1S/C19H24IN2O6.CHF3O3S/c1-18(2,3)27-14(23)11-26-16(24)12-9-7-8-10-13(12)20-15(22-21)17(25)28-19(4,5)6;2-1(3,4)8(5,6)7/h7-10H,11H2,1-6H3;(H,5,6,7)/q+1;/p-1. The number of halogens is 4. The summed E-state index contributed by atoms with van der Waals surface area (Å²) < 4.78 is 74.6. The van der Waals surface area contributed by atoms with Gasteiger partial charge in [0.25, 0.3) is 0 Å². The summed E-state index contributed by atoms with van der Waals surface area (Å²) in [5.74, 6) is -2.15. The van der Waals surface area contributed by atoms with Crippen molar-refractivity contribution in [2.24, 2.45) is 0 Å². The molecule has 0 aromatic heterocycles. The van der Waals surface area contributed by atoms with Crippen LogP contribution in [0.25, 0.3) is 5.53 Å². The van der Waals surface area contributed by atoms with Crippen LogP contribution in [0.2, 0.25) is 0 Å². The molecule has 0 unspecified atom stereocenters. The number of rotatable bonds is 6. The molecule has 1 aromatic carbocycles. The molecule has 1 aromatic rings. The van der Waals surface area contributed by atoms with E-state index in [0.29, 0.717) is 3.57 Å². The van der Waals surface area contributed by atoms with E-state index in [-0.39, 0.29) is 9.28 Å². The van der Waals surface area contributed by atoms with E-state index in [1.165, 1.54) is 6.07 Å². The van der Waals surface area contributed by atoms with Crippen LogP contribution in [0, 0.1) is 3.57 Å². The number of esters is 3. The molecule has 11 nitrogen and oxygen atoms in total. The molecule has 0 saturated heterocycles. The summed E-state index contributed by atoms with van der Waals surface area (Å²) in [5.41, 5.74) is 2.31. The Morgan fingerprint density at radius 1 is 1.00 bits per heavy atom. The van der Waals surface area contributed by atoms with Gasteiger partial charge in [0.15, 0.2) is 16.7 Å². The highest BCUT2D eigenvalue weighted by atomic mass is 127. The third-order valence-electron chi connectivity index (χ3n) is 2.96. The van der Waals surface area contributed by atoms with Crippen molar-refractivity contribution in [2.45, 2.75) is 58.3 Å². The summed E-state index contributed by atoms with van der Waals surface area (Å²) in [6, 6.07) is 6.45. The molecule has 202 valence electrons. The van der Waals surface area contributed by atoms with Crippen molar-refractivity contribution >= 4 is 31.7 Å². The second-order valence-electron chi connectivity index (χ2n) is 8.53. The number of nitrogens with zero attached hydrogens (tertiary/aromatic N) is 2. The van der Waals surface area contributed by atoms with E-state index in [1.807, 2.05) is 0 Å². The van der Waals surface area contributed by atoms with Gasteiger partial charge in [-0.3, -0.25) is 0 Å². The summed E-state index contributed by atoms with van der Waals surface area (Å²) in [7, 11) is -6.09. The Kier molecular flexibility index (Phi) is 12.2. The highest BCUT2D eigenvalue weighted by Gasteiger charge is 2.44. The number of hydrogen-bond acceptors (Lipinski definition) is 9. The smallest absolute Gasteiger partial charge is 0.603 e. The minimum absolute atomic E-state index is 0.152. The second-order valence-corrected chi connectivity index (χ2v) is 12.6. The lowest BCUT2D eigenvalue weighted by atomic mass is 10.2. The highest BCUT2D eigenvalue weighted by molar-refractivity contribution is 7.86. The lowest BCUT2D eigenvalue weighted by Gasteiger charge is -2.19. The van der Waals surface area contributed by atoms with Gasteiger partial charge >= 0.3 is 48.3 Å². The van der Waals surface area contributed by atoms with Crippen LogP contribution in [0.1, 0.15) is 51.9 Å². The van der Waals surface area contributed by atoms with Gasteiger partial charge in [0.05, 0.1) is 0 Å². The van der Waals surface area contributed by atoms with Crippen molar-refractivity contribution in [3.63, 3.8) is 0 Å². The second kappa shape index (κ2) is 13.1. The molecule has 0 spiro atoms. The van der Waals surface area contributed by atoms with Gasteiger partial charge in [-0.05, 0) is 53.7 Å². The average molecular weight is 652 g/mol. The molecule has 0 fully saturated rings. The van der Waals surface area contributed by atoms with E-state index in [2.05, 4.69) is 4.79 Å². The first-order valence-corrected chi connectivity index (χ1v) is 13.2. The van der Waals surface area contributed by atoms with Gasteiger partial charge in [0.2, 0.25) is 3.57 Å². The first kappa shape index (κ1) is 33.4. The zero-order valence-electron chi connectivity index (χ0n) is 20.0. The van der Waals surface area contributed by atoms with Crippen LogP contribution in [-0.2, 0) is 33.9 Å². The van der Waals surface area contributed by atoms with Crippen molar-refractivity contribution in [1.29, 1.82) is 0 Å².